The average molecular weight is 274 g/mol. The molecule has 1 N–H and O–H groups in total. The van der Waals surface area contributed by atoms with Crippen LogP contribution in [0.2, 0.25) is 0 Å². The van der Waals surface area contributed by atoms with Gasteiger partial charge in [0.25, 0.3) is 0 Å². The molecule has 1 aromatic rings. The van der Waals surface area contributed by atoms with Crippen LogP contribution < -0.4 is 10.2 Å². The molecule has 3 heteroatoms. The molecule has 0 saturated carbocycles. The Labute approximate surface area is 122 Å². The summed E-state index contributed by atoms with van der Waals surface area (Å²) in [6.07, 6.45) is 6.74. The second-order valence-electron chi connectivity index (χ2n) is 5.74. The van der Waals surface area contributed by atoms with E-state index in [4.69, 9.17) is 0 Å². The van der Waals surface area contributed by atoms with E-state index in [-0.39, 0.29) is 5.91 Å². The first-order chi connectivity index (χ1) is 9.70. The van der Waals surface area contributed by atoms with E-state index in [1.165, 1.54) is 25.7 Å². The fourth-order valence-corrected chi connectivity index (χ4v) is 2.72. The first-order valence-electron chi connectivity index (χ1n) is 7.87. The van der Waals surface area contributed by atoms with Gasteiger partial charge in [-0.1, -0.05) is 26.2 Å². The molecule has 1 atom stereocenters. The fraction of sp³-hybridized carbons (Fsp3) is 0.588. The summed E-state index contributed by atoms with van der Waals surface area (Å²) in [5, 5.41) is 3.53. The third kappa shape index (κ3) is 3.99. The van der Waals surface area contributed by atoms with Gasteiger partial charge in [0, 0.05) is 30.4 Å². The van der Waals surface area contributed by atoms with Crippen molar-refractivity contribution in [1.82, 2.24) is 0 Å². The van der Waals surface area contributed by atoms with Crippen molar-refractivity contribution in [2.75, 3.05) is 16.8 Å². The zero-order valence-corrected chi connectivity index (χ0v) is 12.7. The molecule has 1 amide bonds. The fourth-order valence-electron chi connectivity index (χ4n) is 2.72. The van der Waals surface area contributed by atoms with E-state index in [1.54, 1.807) is 0 Å². The molecular formula is C17H26N2O. The van der Waals surface area contributed by atoms with Gasteiger partial charge in [-0.2, -0.15) is 0 Å². The summed E-state index contributed by atoms with van der Waals surface area (Å²) in [6, 6.07) is 8.75. The maximum atomic E-state index is 11.7. The van der Waals surface area contributed by atoms with Crippen LogP contribution in [0.4, 0.5) is 11.4 Å². The highest BCUT2D eigenvalue weighted by Crippen LogP contribution is 2.23. The third-order valence-electron chi connectivity index (χ3n) is 3.91. The first kappa shape index (κ1) is 14.9. The van der Waals surface area contributed by atoms with Gasteiger partial charge in [0.05, 0.1) is 0 Å². The lowest BCUT2D eigenvalue weighted by atomic mass is 10.1. The molecule has 0 aromatic heterocycles. The SMILES string of the molecule is CCCCCC(C)Nc1ccc(N2CCCC2=O)cc1. The van der Waals surface area contributed by atoms with Gasteiger partial charge in [-0.05, 0) is 44.0 Å². The van der Waals surface area contributed by atoms with Crippen LogP contribution in [0.1, 0.15) is 52.4 Å². The van der Waals surface area contributed by atoms with Gasteiger partial charge in [-0.25, -0.2) is 0 Å². The second kappa shape index (κ2) is 7.32. The Morgan fingerprint density at radius 1 is 1.25 bits per heavy atom. The van der Waals surface area contributed by atoms with Crippen molar-refractivity contribution in [3.63, 3.8) is 0 Å². The van der Waals surface area contributed by atoms with E-state index in [2.05, 4.69) is 31.3 Å². The van der Waals surface area contributed by atoms with Crippen molar-refractivity contribution < 1.29 is 4.79 Å². The predicted octanol–water partition coefficient (Wildman–Crippen LogP) is 4.19. The van der Waals surface area contributed by atoms with Crippen LogP contribution in [0, 0.1) is 0 Å². The number of carbonyl (C=O) groups is 1. The minimum absolute atomic E-state index is 0.249. The molecule has 1 unspecified atom stereocenters. The van der Waals surface area contributed by atoms with Gasteiger partial charge >= 0.3 is 0 Å². The maximum absolute atomic E-state index is 11.7. The highest BCUT2D eigenvalue weighted by Gasteiger charge is 2.21. The van der Waals surface area contributed by atoms with Crippen LogP contribution in [0.3, 0.4) is 0 Å². The lowest BCUT2D eigenvalue weighted by Crippen LogP contribution is -2.23. The molecule has 2 rings (SSSR count). The highest BCUT2D eigenvalue weighted by molar-refractivity contribution is 5.95. The van der Waals surface area contributed by atoms with E-state index in [9.17, 15) is 4.79 Å². The number of hydrogen-bond donors (Lipinski definition) is 1. The smallest absolute Gasteiger partial charge is 0.227 e. The summed E-state index contributed by atoms with van der Waals surface area (Å²) in [4.78, 5) is 13.6. The van der Waals surface area contributed by atoms with E-state index < -0.39 is 0 Å². The number of anilines is 2. The lowest BCUT2D eigenvalue weighted by molar-refractivity contribution is -0.117. The number of carbonyl (C=O) groups excluding carboxylic acids is 1. The number of rotatable bonds is 7. The number of nitrogens with zero attached hydrogens (tertiary/aromatic N) is 1. The maximum Gasteiger partial charge on any atom is 0.227 e. The molecule has 1 fully saturated rings. The molecular weight excluding hydrogens is 248 g/mol. The van der Waals surface area contributed by atoms with Crippen molar-refractivity contribution in [1.29, 1.82) is 0 Å². The van der Waals surface area contributed by atoms with E-state index in [1.807, 2.05) is 17.0 Å². The first-order valence-corrected chi connectivity index (χ1v) is 7.87. The molecule has 1 aliphatic heterocycles. The summed E-state index contributed by atoms with van der Waals surface area (Å²) < 4.78 is 0. The monoisotopic (exact) mass is 274 g/mol. The van der Waals surface area contributed by atoms with Gasteiger partial charge in [0.1, 0.15) is 0 Å². The summed E-state index contributed by atoms with van der Waals surface area (Å²) in [5.74, 6) is 0.249. The van der Waals surface area contributed by atoms with E-state index in [0.717, 1.165) is 24.3 Å². The van der Waals surface area contributed by atoms with Crippen molar-refractivity contribution >= 4 is 17.3 Å². The third-order valence-corrected chi connectivity index (χ3v) is 3.91. The molecule has 0 spiro atoms. The van der Waals surface area contributed by atoms with Gasteiger partial charge in [-0.15, -0.1) is 0 Å². The quantitative estimate of drug-likeness (QED) is 0.756. The summed E-state index contributed by atoms with van der Waals surface area (Å²) in [5.41, 5.74) is 2.17. The molecule has 3 nitrogen and oxygen atoms in total. The van der Waals surface area contributed by atoms with Gasteiger partial charge in [-0.3, -0.25) is 4.79 Å². The molecule has 20 heavy (non-hydrogen) atoms. The summed E-state index contributed by atoms with van der Waals surface area (Å²) in [6.45, 7) is 5.32. The van der Waals surface area contributed by atoms with Crippen LogP contribution in [0.15, 0.2) is 24.3 Å². The van der Waals surface area contributed by atoms with Crippen molar-refractivity contribution in [2.24, 2.45) is 0 Å². The predicted molar refractivity (Wildman–Crippen MR) is 85.3 cm³/mol. The molecule has 1 saturated heterocycles. The molecule has 1 aliphatic rings. The Bertz CT molecular complexity index is 427. The van der Waals surface area contributed by atoms with Gasteiger partial charge in [0.15, 0.2) is 0 Å². The largest absolute Gasteiger partial charge is 0.383 e. The van der Waals surface area contributed by atoms with Crippen LogP contribution in [-0.4, -0.2) is 18.5 Å². The van der Waals surface area contributed by atoms with E-state index >= 15 is 0 Å². The number of benzene rings is 1. The number of hydrogen-bond acceptors (Lipinski definition) is 2. The van der Waals surface area contributed by atoms with Crippen molar-refractivity contribution in [3.8, 4) is 0 Å². The minimum Gasteiger partial charge on any atom is -0.383 e. The van der Waals surface area contributed by atoms with Gasteiger partial charge < -0.3 is 10.2 Å². The molecule has 1 aromatic carbocycles. The highest BCUT2D eigenvalue weighted by atomic mass is 16.2. The molecule has 0 bridgehead atoms. The van der Waals surface area contributed by atoms with E-state index in [0.29, 0.717) is 12.5 Å². The zero-order valence-electron chi connectivity index (χ0n) is 12.7. The standard InChI is InChI=1S/C17H26N2O/c1-3-4-5-7-14(2)18-15-9-11-16(12-10-15)19-13-6-8-17(19)20/h9-12,14,18H,3-8,13H2,1-2H3. The normalized spacial score (nSPS) is 16.5. The lowest BCUT2D eigenvalue weighted by Gasteiger charge is -2.18. The van der Waals surface area contributed by atoms with Crippen LogP contribution >= 0.6 is 0 Å². The summed E-state index contributed by atoms with van der Waals surface area (Å²) >= 11 is 0. The second-order valence-corrected chi connectivity index (χ2v) is 5.74. The molecule has 0 radical (unpaired) electrons. The number of nitrogens with one attached hydrogen (secondary N) is 1. The Morgan fingerprint density at radius 2 is 2.00 bits per heavy atom. The van der Waals surface area contributed by atoms with Crippen LogP contribution in [-0.2, 0) is 4.79 Å². The Hall–Kier alpha value is -1.51. The number of amides is 1. The van der Waals surface area contributed by atoms with Crippen LogP contribution in [0.5, 0.6) is 0 Å². The average Bonchev–Trinajstić information content (AvgIpc) is 2.86. The minimum atomic E-state index is 0.249. The Kier molecular flexibility index (Phi) is 5.45. The van der Waals surface area contributed by atoms with Crippen LogP contribution in [0.25, 0.3) is 0 Å². The van der Waals surface area contributed by atoms with Crippen molar-refractivity contribution in [2.45, 2.75) is 58.4 Å². The Morgan fingerprint density at radius 3 is 2.60 bits per heavy atom. The van der Waals surface area contributed by atoms with Gasteiger partial charge in [0.2, 0.25) is 5.91 Å². The molecule has 1 heterocycles. The number of unbranched alkanes of at least 4 members (excludes halogenated alkanes) is 2. The summed E-state index contributed by atoms with van der Waals surface area (Å²) in [7, 11) is 0. The Balaban J connectivity index is 1.86. The molecule has 110 valence electrons. The topological polar surface area (TPSA) is 32.3 Å². The zero-order chi connectivity index (χ0) is 14.4. The molecule has 0 aliphatic carbocycles. The van der Waals surface area contributed by atoms with Crippen molar-refractivity contribution in [3.05, 3.63) is 24.3 Å².